The Balaban J connectivity index is 1.99. The van der Waals surface area contributed by atoms with Gasteiger partial charge in [0.2, 0.25) is 0 Å². The van der Waals surface area contributed by atoms with Crippen LogP contribution in [0, 0.1) is 0 Å². The lowest BCUT2D eigenvalue weighted by molar-refractivity contribution is -0.386. The lowest BCUT2D eigenvalue weighted by atomic mass is 10.2. The Morgan fingerprint density at radius 2 is 1.74 bits per heavy atom. The number of hydrogen-bond donors (Lipinski definition) is 1. The molecule has 0 amide bonds. The summed E-state index contributed by atoms with van der Waals surface area (Å²) in [6.45, 7) is 0.685. The van der Waals surface area contributed by atoms with Crippen molar-refractivity contribution in [1.82, 2.24) is 0 Å². The molecule has 0 saturated carbocycles. The molecule has 0 unspecified atom stereocenters. The van der Waals surface area contributed by atoms with Gasteiger partial charge in [0.15, 0.2) is 5.75 Å². The molecule has 0 radical (unpaired) electrons. The van der Waals surface area contributed by atoms with E-state index in [1.807, 2.05) is 12.1 Å². The van der Waals surface area contributed by atoms with Crippen LogP contribution in [0.5, 0.6) is 11.5 Å². The molecule has 0 atom stereocenters. The van der Waals surface area contributed by atoms with Gasteiger partial charge in [-0.05, 0) is 36.4 Å². The Bertz CT molecular complexity index is 569. The van der Waals surface area contributed by atoms with E-state index in [1.54, 1.807) is 36.4 Å². The third-order valence-corrected chi connectivity index (χ3v) is 2.76. The number of rotatable bonds is 3. The van der Waals surface area contributed by atoms with Crippen LogP contribution in [0.3, 0.4) is 0 Å². The Labute approximate surface area is 115 Å². The maximum atomic E-state index is 11.6. The molecule has 3 N–H and O–H groups in total. The van der Waals surface area contributed by atoms with Crippen molar-refractivity contribution in [2.24, 2.45) is 0 Å². The molecule has 98 valence electrons. The summed E-state index contributed by atoms with van der Waals surface area (Å²) < 4.78 is 10.0. The maximum absolute atomic E-state index is 11.6. The topological polar surface area (TPSA) is 63.2 Å². The van der Waals surface area contributed by atoms with Crippen molar-refractivity contribution in [2.75, 3.05) is 0 Å². The number of ether oxygens (including phenoxy) is 2. The fraction of sp³-hybridized carbons (Fsp3) is 0.0714. The Morgan fingerprint density at radius 1 is 1.05 bits per heavy atom. The molecule has 5 heteroatoms. The van der Waals surface area contributed by atoms with Gasteiger partial charge >= 0.3 is 6.16 Å². The van der Waals surface area contributed by atoms with Crippen molar-refractivity contribution in [1.29, 1.82) is 0 Å². The van der Waals surface area contributed by atoms with E-state index in [1.165, 1.54) is 0 Å². The van der Waals surface area contributed by atoms with Crippen LogP contribution in [0.25, 0.3) is 0 Å². The van der Waals surface area contributed by atoms with Gasteiger partial charge in [-0.25, -0.2) is 4.79 Å². The molecule has 0 aliphatic carbocycles. The molecule has 4 nitrogen and oxygen atoms in total. The van der Waals surface area contributed by atoms with Crippen LogP contribution in [0.4, 0.5) is 4.79 Å². The molecule has 0 spiro atoms. The largest absolute Gasteiger partial charge is 0.519 e. The molecular formula is C14H13ClNO3+. The van der Waals surface area contributed by atoms with Gasteiger partial charge in [0.1, 0.15) is 5.75 Å². The molecular weight excluding hydrogens is 266 g/mol. The average Bonchev–Trinajstić information content (AvgIpc) is 2.42. The molecule has 0 aliphatic heterocycles. The van der Waals surface area contributed by atoms with E-state index in [9.17, 15) is 4.79 Å². The number of para-hydroxylation sites is 1. The zero-order chi connectivity index (χ0) is 13.7. The predicted molar refractivity (Wildman–Crippen MR) is 71.1 cm³/mol. The summed E-state index contributed by atoms with van der Waals surface area (Å²) in [5.41, 5.74) is 4.83. The highest BCUT2D eigenvalue weighted by atomic mass is 35.5. The summed E-state index contributed by atoms with van der Waals surface area (Å²) in [6.07, 6.45) is -0.824. The van der Waals surface area contributed by atoms with Crippen molar-refractivity contribution in [3.05, 3.63) is 59.1 Å². The first-order valence-corrected chi connectivity index (χ1v) is 6.09. The van der Waals surface area contributed by atoms with Crippen molar-refractivity contribution in [3.63, 3.8) is 0 Å². The highest BCUT2D eigenvalue weighted by Crippen LogP contribution is 2.23. The second-order valence-electron chi connectivity index (χ2n) is 3.78. The first-order chi connectivity index (χ1) is 9.19. The van der Waals surface area contributed by atoms with E-state index in [0.29, 0.717) is 17.3 Å². The molecule has 0 aromatic heterocycles. The van der Waals surface area contributed by atoms with E-state index in [2.05, 4.69) is 5.73 Å². The number of halogens is 1. The number of quaternary nitrogens is 1. The summed E-state index contributed by atoms with van der Waals surface area (Å²) >= 11 is 5.87. The molecule has 0 aliphatic rings. The lowest BCUT2D eigenvalue weighted by Gasteiger charge is -2.06. The fourth-order valence-corrected chi connectivity index (χ4v) is 1.63. The second kappa shape index (κ2) is 6.22. The average molecular weight is 279 g/mol. The van der Waals surface area contributed by atoms with Crippen LogP contribution >= 0.6 is 11.6 Å². The summed E-state index contributed by atoms with van der Waals surface area (Å²) in [5, 5.41) is 0.354. The first kappa shape index (κ1) is 13.4. The van der Waals surface area contributed by atoms with Gasteiger partial charge in [0.25, 0.3) is 0 Å². The zero-order valence-corrected chi connectivity index (χ0v) is 10.9. The molecule has 2 rings (SSSR count). The molecule has 19 heavy (non-hydrogen) atoms. The highest BCUT2D eigenvalue weighted by molar-refractivity contribution is 6.32. The summed E-state index contributed by atoms with van der Waals surface area (Å²) in [6, 6.07) is 13.7. The van der Waals surface area contributed by atoms with E-state index < -0.39 is 6.16 Å². The third kappa shape index (κ3) is 3.71. The Morgan fingerprint density at radius 3 is 2.37 bits per heavy atom. The third-order valence-electron chi connectivity index (χ3n) is 2.44. The van der Waals surface area contributed by atoms with Gasteiger partial charge in [0, 0.05) is 5.56 Å². The van der Waals surface area contributed by atoms with Gasteiger partial charge in [-0.3, -0.25) is 0 Å². The summed E-state index contributed by atoms with van der Waals surface area (Å²) in [5.74, 6) is 0.679. The number of benzene rings is 2. The summed E-state index contributed by atoms with van der Waals surface area (Å²) in [7, 11) is 0. The number of carbonyl (C=O) groups excluding carboxylic acids is 1. The zero-order valence-electron chi connectivity index (χ0n) is 10.1. The summed E-state index contributed by atoms with van der Waals surface area (Å²) in [4.78, 5) is 11.6. The number of hydrogen-bond acceptors (Lipinski definition) is 3. The van der Waals surface area contributed by atoms with Gasteiger partial charge in [0.05, 0.1) is 11.6 Å². The molecule has 0 saturated heterocycles. The lowest BCUT2D eigenvalue weighted by Crippen LogP contribution is -2.47. The van der Waals surface area contributed by atoms with Gasteiger partial charge in [-0.15, -0.1) is 0 Å². The fourth-order valence-electron chi connectivity index (χ4n) is 1.46. The minimum absolute atomic E-state index is 0.267. The molecule has 0 bridgehead atoms. The highest BCUT2D eigenvalue weighted by Gasteiger charge is 2.10. The van der Waals surface area contributed by atoms with Crippen LogP contribution in [0.2, 0.25) is 5.02 Å². The smallest absolute Gasteiger partial charge is 0.395 e. The van der Waals surface area contributed by atoms with Crippen molar-refractivity contribution < 1.29 is 20.0 Å². The number of carbonyl (C=O) groups is 1. The molecule has 2 aromatic carbocycles. The van der Waals surface area contributed by atoms with Crippen molar-refractivity contribution in [2.45, 2.75) is 6.54 Å². The standard InChI is InChI=1S/C14H12ClNO3/c15-12-3-1-2-4-13(12)19-14(17)18-11-7-5-10(9-16)6-8-11/h1-8H,9,16H2/p+1. The second-order valence-corrected chi connectivity index (χ2v) is 4.19. The Hall–Kier alpha value is -2.04. The Kier molecular flexibility index (Phi) is 4.39. The van der Waals surface area contributed by atoms with Gasteiger partial charge < -0.3 is 15.2 Å². The van der Waals surface area contributed by atoms with Gasteiger partial charge in [-0.1, -0.05) is 23.7 Å². The van der Waals surface area contributed by atoms with Gasteiger partial charge in [-0.2, -0.15) is 0 Å². The van der Waals surface area contributed by atoms with Crippen molar-refractivity contribution in [3.8, 4) is 11.5 Å². The minimum Gasteiger partial charge on any atom is -0.395 e. The molecule has 0 fully saturated rings. The predicted octanol–water partition coefficient (Wildman–Crippen LogP) is 2.66. The van der Waals surface area contributed by atoms with Crippen LogP contribution < -0.4 is 15.2 Å². The SMILES string of the molecule is [NH3+]Cc1ccc(OC(=O)Oc2ccccc2Cl)cc1. The quantitative estimate of drug-likeness (QED) is 0.693. The van der Waals surface area contributed by atoms with Crippen molar-refractivity contribution >= 4 is 17.8 Å². The van der Waals surface area contributed by atoms with Crippen LogP contribution in [0.1, 0.15) is 5.56 Å². The van der Waals surface area contributed by atoms with Crippen LogP contribution in [-0.4, -0.2) is 6.16 Å². The van der Waals surface area contributed by atoms with E-state index >= 15 is 0 Å². The monoisotopic (exact) mass is 278 g/mol. The van der Waals surface area contributed by atoms with Crippen LogP contribution in [-0.2, 0) is 6.54 Å². The van der Waals surface area contributed by atoms with E-state index in [4.69, 9.17) is 21.1 Å². The molecule has 2 aromatic rings. The molecule has 0 heterocycles. The van der Waals surface area contributed by atoms with E-state index in [0.717, 1.165) is 5.56 Å². The van der Waals surface area contributed by atoms with Crippen LogP contribution in [0.15, 0.2) is 48.5 Å². The van der Waals surface area contributed by atoms with E-state index in [-0.39, 0.29) is 5.75 Å². The normalized spacial score (nSPS) is 10.0. The first-order valence-electron chi connectivity index (χ1n) is 5.71. The maximum Gasteiger partial charge on any atom is 0.519 e. The minimum atomic E-state index is -0.824.